The topological polar surface area (TPSA) is 90.3 Å². The number of ether oxygens (including phenoxy) is 1. The molecule has 0 aliphatic carbocycles. The zero-order chi connectivity index (χ0) is 19.3. The van der Waals surface area contributed by atoms with Gasteiger partial charge in [-0.15, -0.1) is 0 Å². The molecule has 0 fully saturated rings. The van der Waals surface area contributed by atoms with Crippen LogP contribution in [0.25, 0.3) is 0 Å². The molecule has 8 heteroatoms. The van der Waals surface area contributed by atoms with Crippen molar-refractivity contribution in [2.45, 2.75) is 27.3 Å². The number of rotatable bonds is 6. The summed E-state index contributed by atoms with van der Waals surface area (Å²) >= 11 is 6.19. The van der Waals surface area contributed by atoms with E-state index in [0.717, 1.165) is 0 Å². The molecule has 7 nitrogen and oxygen atoms in total. The van der Waals surface area contributed by atoms with Gasteiger partial charge in [-0.05, 0) is 25.0 Å². The van der Waals surface area contributed by atoms with Crippen molar-refractivity contribution in [1.82, 2.24) is 15.1 Å². The zero-order valence-corrected chi connectivity index (χ0v) is 15.5. The van der Waals surface area contributed by atoms with Gasteiger partial charge >= 0.3 is 5.97 Å². The van der Waals surface area contributed by atoms with E-state index in [2.05, 4.69) is 10.4 Å². The van der Waals surface area contributed by atoms with E-state index >= 15 is 0 Å². The van der Waals surface area contributed by atoms with Gasteiger partial charge < -0.3 is 4.74 Å². The number of hydrogen-bond donors (Lipinski definition) is 1. The summed E-state index contributed by atoms with van der Waals surface area (Å²) in [6, 6.07) is 8.26. The molecule has 1 aromatic heterocycles. The Morgan fingerprint density at radius 3 is 2.50 bits per heavy atom. The average Bonchev–Trinajstić information content (AvgIpc) is 2.86. The Bertz CT molecular complexity index is 815. The summed E-state index contributed by atoms with van der Waals surface area (Å²) in [4.78, 5) is 35.9. The summed E-state index contributed by atoms with van der Waals surface area (Å²) in [5, 5.41) is 6.54. The van der Waals surface area contributed by atoms with Crippen molar-refractivity contribution >= 4 is 29.4 Å². The highest BCUT2D eigenvalue weighted by atomic mass is 35.5. The Morgan fingerprint density at radius 1 is 1.23 bits per heavy atom. The Labute approximate surface area is 156 Å². The minimum Gasteiger partial charge on any atom is -0.452 e. The second-order valence-corrected chi connectivity index (χ2v) is 6.50. The molecule has 0 saturated carbocycles. The number of benzene rings is 1. The number of carbonyl (C=O) groups excluding carboxylic acids is 3. The Balaban J connectivity index is 1.95. The molecule has 0 atom stereocenters. The first-order chi connectivity index (χ1) is 12.3. The van der Waals surface area contributed by atoms with Gasteiger partial charge in [-0.1, -0.05) is 43.6 Å². The molecule has 138 valence electrons. The molecule has 0 saturated heterocycles. The number of halogens is 1. The third-order valence-electron chi connectivity index (χ3n) is 3.43. The van der Waals surface area contributed by atoms with Gasteiger partial charge in [0.15, 0.2) is 6.61 Å². The van der Waals surface area contributed by atoms with Crippen LogP contribution in [0, 0.1) is 12.8 Å². The van der Waals surface area contributed by atoms with Gasteiger partial charge in [0.25, 0.3) is 11.8 Å². The summed E-state index contributed by atoms with van der Waals surface area (Å²) in [6.07, 6.45) is 0. The number of carbonyl (C=O) groups is 3. The molecule has 26 heavy (non-hydrogen) atoms. The van der Waals surface area contributed by atoms with Crippen LogP contribution in [0.1, 0.15) is 40.3 Å². The van der Waals surface area contributed by atoms with Gasteiger partial charge in [0, 0.05) is 12.1 Å². The van der Waals surface area contributed by atoms with Crippen LogP contribution < -0.4 is 5.32 Å². The fourth-order valence-corrected chi connectivity index (χ4v) is 2.60. The molecular weight excluding hydrogens is 358 g/mol. The van der Waals surface area contributed by atoms with Gasteiger partial charge in [0.2, 0.25) is 0 Å². The van der Waals surface area contributed by atoms with Gasteiger partial charge in [-0.3, -0.25) is 19.6 Å². The number of esters is 1. The third kappa shape index (κ3) is 4.92. The van der Waals surface area contributed by atoms with Crippen LogP contribution in [0.2, 0.25) is 5.15 Å². The van der Waals surface area contributed by atoms with E-state index in [9.17, 15) is 14.4 Å². The molecule has 1 aromatic carbocycles. The van der Waals surface area contributed by atoms with Gasteiger partial charge in [-0.25, -0.2) is 4.79 Å². The Hall–Kier alpha value is -2.67. The van der Waals surface area contributed by atoms with Crippen LogP contribution in [0.15, 0.2) is 30.3 Å². The molecule has 0 radical (unpaired) electrons. The highest BCUT2D eigenvalue weighted by Crippen LogP contribution is 2.21. The first-order valence-electron chi connectivity index (χ1n) is 8.08. The zero-order valence-electron chi connectivity index (χ0n) is 14.8. The number of imide groups is 1. The SMILES string of the molecule is Cc1nn(CC(C)C)c(Cl)c1C(=O)OCC(=O)NC(=O)c1ccccc1. The molecule has 2 aromatic rings. The lowest BCUT2D eigenvalue weighted by Gasteiger charge is -2.07. The molecular formula is C18H20ClN3O4. The number of aryl methyl sites for hydroxylation is 1. The van der Waals surface area contributed by atoms with Gasteiger partial charge in [0.1, 0.15) is 10.7 Å². The molecule has 0 bridgehead atoms. The molecule has 0 aliphatic heterocycles. The Kier molecular flexibility index (Phi) is 6.52. The summed E-state index contributed by atoms with van der Waals surface area (Å²) in [5.41, 5.74) is 0.872. The van der Waals surface area contributed by atoms with Crippen molar-refractivity contribution in [2.75, 3.05) is 6.61 Å². The largest absolute Gasteiger partial charge is 0.452 e. The third-order valence-corrected chi connectivity index (χ3v) is 3.82. The van der Waals surface area contributed by atoms with E-state index < -0.39 is 24.4 Å². The minimum absolute atomic E-state index is 0.120. The maximum Gasteiger partial charge on any atom is 0.343 e. The van der Waals surface area contributed by atoms with Gasteiger partial charge in [-0.2, -0.15) is 5.10 Å². The normalized spacial score (nSPS) is 10.7. The maximum absolute atomic E-state index is 12.2. The van der Waals surface area contributed by atoms with Crippen molar-refractivity contribution in [1.29, 1.82) is 0 Å². The first kappa shape index (κ1) is 19.7. The van der Waals surface area contributed by atoms with Crippen LogP contribution in [-0.4, -0.2) is 34.2 Å². The number of nitrogens with one attached hydrogen (secondary N) is 1. The quantitative estimate of drug-likeness (QED) is 0.781. The molecule has 0 aliphatic rings. The number of amides is 2. The van der Waals surface area contributed by atoms with Crippen molar-refractivity contribution < 1.29 is 19.1 Å². The predicted molar refractivity (Wildman–Crippen MR) is 96.0 cm³/mol. The number of nitrogens with zero attached hydrogens (tertiary/aromatic N) is 2. The minimum atomic E-state index is -0.759. The number of hydrogen-bond acceptors (Lipinski definition) is 5. The predicted octanol–water partition coefficient (Wildman–Crippen LogP) is 2.61. The highest BCUT2D eigenvalue weighted by molar-refractivity contribution is 6.32. The average molecular weight is 378 g/mol. The fourth-order valence-electron chi connectivity index (χ4n) is 2.28. The molecule has 2 rings (SSSR count). The van der Waals surface area contributed by atoms with E-state index in [1.807, 2.05) is 13.8 Å². The summed E-state index contributed by atoms with van der Waals surface area (Å²) < 4.78 is 6.49. The van der Waals surface area contributed by atoms with Crippen LogP contribution in [-0.2, 0) is 16.1 Å². The van der Waals surface area contributed by atoms with E-state index in [-0.39, 0.29) is 10.7 Å². The van der Waals surface area contributed by atoms with E-state index in [0.29, 0.717) is 23.7 Å². The lowest BCUT2D eigenvalue weighted by Crippen LogP contribution is -2.34. The highest BCUT2D eigenvalue weighted by Gasteiger charge is 2.23. The lowest BCUT2D eigenvalue weighted by molar-refractivity contribution is -0.123. The second-order valence-electron chi connectivity index (χ2n) is 6.15. The van der Waals surface area contributed by atoms with E-state index in [1.54, 1.807) is 37.3 Å². The van der Waals surface area contributed by atoms with Crippen molar-refractivity contribution in [3.05, 3.63) is 52.3 Å². The van der Waals surface area contributed by atoms with E-state index in [4.69, 9.17) is 16.3 Å². The fraction of sp³-hybridized carbons (Fsp3) is 0.333. The van der Waals surface area contributed by atoms with Gasteiger partial charge in [0.05, 0.1) is 5.69 Å². The summed E-state index contributed by atoms with van der Waals surface area (Å²) in [6.45, 7) is 5.60. The van der Waals surface area contributed by atoms with Crippen molar-refractivity contribution in [3.8, 4) is 0 Å². The maximum atomic E-state index is 12.2. The van der Waals surface area contributed by atoms with Crippen molar-refractivity contribution in [3.63, 3.8) is 0 Å². The van der Waals surface area contributed by atoms with E-state index in [1.165, 1.54) is 4.68 Å². The lowest BCUT2D eigenvalue weighted by atomic mass is 10.2. The summed E-state index contributed by atoms with van der Waals surface area (Å²) in [5.74, 6) is -1.75. The molecule has 0 unspecified atom stereocenters. The van der Waals surface area contributed by atoms with Crippen molar-refractivity contribution in [2.24, 2.45) is 5.92 Å². The molecule has 0 spiro atoms. The smallest absolute Gasteiger partial charge is 0.343 e. The summed E-state index contributed by atoms with van der Waals surface area (Å²) in [7, 11) is 0. The molecule has 2 amide bonds. The van der Waals surface area contributed by atoms with Crippen LogP contribution in [0.3, 0.4) is 0 Å². The Morgan fingerprint density at radius 2 is 1.88 bits per heavy atom. The second kappa shape index (κ2) is 8.62. The van der Waals surface area contributed by atoms with Crippen LogP contribution >= 0.6 is 11.6 Å². The molecule has 1 heterocycles. The monoisotopic (exact) mass is 377 g/mol. The van der Waals surface area contributed by atoms with Crippen LogP contribution in [0.4, 0.5) is 0 Å². The van der Waals surface area contributed by atoms with Crippen LogP contribution in [0.5, 0.6) is 0 Å². The number of aromatic nitrogens is 2. The first-order valence-corrected chi connectivity index (χ1v) is 8.46. The standard InChI is InChI=1S/C18H20ClN3O4/c1-11(2)9-22-16(19)15(12(3)21-22)18(25)26-10-14(23)20-17(24)13-7-5-4-6-8-13/h4-8,11H,9-10H2,1-3H3,(H,20,23,24). The molecule has 1 N–H and O–H groups in total.